The summed E-state index contributed by atoms with van der Waals surface area (Å²) >= 11 is 0. The summed E-state index contributed by atoms with van der Waals surface area (Å²) in [5.74, 6) is -0.915. The molecular formula is C22H33N2O5P. The zero-order valence-corrected chi connectivity index (χ0v) is 18.9. The van der Waals surface area contributed by atoms with Gasteiger partial charge in [0, 0.05) is 31.3 Å². The predicted molar refractivity (Wildman–Crippen MR) is 115 cm³/mol. The number of esters is 1. The molecule has 0 aromatic heterocycles. The van der Waals surface area contributed by atoms with Crippen molar-refractivity contribution >= 4 is 19.2 Å². The van der Waals surface area contributed by atoms with Gasteiger partial charge in [0.05, 0.1) is 13.7 Å². The van der Waals surface area contributed by atoms with Crippen LogP contribution in [-0.4, -0.2) is 67.1 Å². The summed E-state index contributed by atoms with van der Waals surface area (Å²) in [5, 5.41) is 3.57. The van der Waals surface area contributed by atoms with Crippen LogP contribution in [0.1, 0.15) is 38.2 Å². The van der Waals surface area contributed by atoms with E-state index in [-0.39, 0.29) is 18.0 Å². The quantitative estimate of drug-likeness (QED) is 0.460. The third-order valence-corrected chi connectivity index (χ3v) is 8.59. The molecule has 3 atom stereocenters. The Morgan fingerprint density at radius 3 is 2.53 bits per heavy atom. The Balaban J connectivity index is 1.75. The second-order valence-electron chi connectivity index (χ2n) is 8.03. The lowest BCUT2D eigenvalue weighted by molar-refractivity contribution is -0.176. The van der Waals surface area contributed by atoms with E-state index < -0.39 is 19.3 Å². The number of carbonyl (C=O) groups excluding carboxylic acids is 2. The number of hydrazine groups is 1. The molecule has 8 heteroatoms. The number of carbonyl (C=O) groups is 2. The second-order valence-corrected chi connectivity index (χ2v) is 10.7. The number of hydrogen-bond acceptors (Lipinski definition) is 6. The van der Waals surface area contributed by atoms with E-state index >= 15 is 0 Å². The normalized spacial score (nSPS) is 24.6. The average Bonchev–Trinajstić information content (AvgIpc) is 2.91. The van der Waals surface area contributed by atoms with Gasteiger partial charge in [-0.2, -0.15) is 0 Å². The fraction of sp³-hybridized carbons (Fsp3) is 0.636. The Morgan fingerprint density at radius 2 is 1.87 bits per heavy atom. The number of aryl methyl sites for hydroxylation is 1. The van der Waals surface area contributed by atoms with Crippen molar-refractivity contribution in [1.29, 1.82) is 0 Å². The van der Waals surface area contributed by atoms with E-state index in [0.29, 0.717) is 32.0 Å². The first kappa shape index (κ1) is 23.0. The molecule has 2 aliphatic rings. The van der Waals surface area contributed by atoms with Crippen molar-refractivity contribution in [2.45, 2.75) is 45.1 Å². The standard InChI is InChI=1S/C22H33N2O5P/c1-3-29-30(27,16-13-18-9-5-4-6-10-18)17-19-11-7-14-23-15-8-12-20(22(26)28-2)24(23)21(19)25/h4-6,9-10,19-20H,3,7-8,11-17H2,1-2H3/t19-,20+,30?/m1/s1. The Morgan fingerprint density at radius 1 is 1.17 bits per heavy atom. The Kier molecular flexibility index (Phi) is 8.09. The van der Waals surface area contributed by atoms with Crippen LogP contribution in [0.2, 0.25) is 0 Å². The first-order valence-electron chi connectivity index (χ1n) is 10.9. The van der Waals surface area contributed by atoms with Crippen molar-refractivity contribution in [3.63, 3.8) is 0 Å². The topological polar surface area (TPSA) is 76.2 Å². The predicted octanol–water partition coefficient (Wildman–Crippen LogP) is 3.33. The molecule has 0 aliphatic carbocycles. The maximum absolute atomic E-state index is 13.6. The van der Waals surface area contributed by atoms with Crippen LogP contribution in [0.4, 0.5) is 0 Å². The van der Waals surface area contributed by atoms with E-state index in [2.05, 4.69) is 0 Å². The average molecular weight is 436 g/mol. The van der Waals surface area contributed by atoms with Crippen LogP contribution in [0.25, 0.3) is 0 Å². The Hall–Kier alpha value is -1.69. The number of amides is 1. The van der Waals surface area contributed by atoms with E-state index in [4.69, 9.17) is 9.26 Å². The van der Waals surface area contributed by atoms with Crippen LogP contribution in [0.3, 0.4) is 0 Å². The molecule has 30 heavy (non-hydrogen) atoms. The summed E-state index contributed by atoms with van der Waals surface area (Å²) < 4.78 is 24.4. The highest BCUT2D eigenvalue weighted by atomic mass is 31.2. The molecule has 1 aromatic rings. The molecule has 0 N–H and O–H groups in total. The molecule has 0 saturated carbocycles. The van der Waals surface area contributed by atoms with Crippen molar-refractivity contribution in [1.82, 2.24) is 10.0 Å². The molecular weight excluding hydrogens is 403 g/mol. The Labute approximate surface area is 179 Å². The third kappa shape index (κ3) is 5.51. The van der Waals surface area contributed by atoms with Crippen LogP contribution in [-0.2, 0) is 29.8 Å². The maximum Gasteiger partial charge on any atom is 0.330 e. The minimum Gasteiger partial charge on any atom is -0.467 e. The summed E-state index contributed by atoms with van der Waals surface area (Å²) in [5.41, 5.74) is 1.11. The minimum absolute atomic E-state index is 0.123. The summed E-state index contributed by atoms with van der Waals surface area (Å²) in [4.78, 5) is 25.8. The molecule has 1 amide bonds. The molecule has 7 nitrogen and oxygen atoms in total. The number of nitrogens with zero attached hydrogens (tertiary/aromatic N) is 2. The van der Waals surface area contributed by atoms with E-state index in [0.717, 1.165) is 31.5 Å². The highest BCUT2D eigenvalue weighted by Crippen LogP contribution is 2.50. The fourth-order valence-electron chi connectivity index (χ4n) is 4.48. The molecule has 0 bridgehead atoms. The number of methoxy groups -OCH3 is 1. The summed E-state index contributed by atoms with van der Waals surface area (Å²) in [6.07, 6.45) is 4.22. The first-order valence-corrected chi connectivity index (χ1v) is 12.9. The van der Waals surface area contributed by atoms with Gasteiger partial charge >= 0.3 is 5.97 Å². The molecule has 0 spiro atoms. The molecule has 3 rings (SSSR count). The fourth-order valence-corrected chi connectivity index (χ4v) is 6.98. The molecule has 1 unspecified atom stereocenters. The van der Waals surface area contributed by atoms with Gasteiger partial charge in [0.25, 0.3) is 0 Å². The van der Waals surface area contributed by atoms with Gasteiger partial charge in [0.15, 0.2) is 0 Å². The summed E-state index contributed by atoms with van der Waals surface area (Å²) in [7, 11) is -1.63. The SMILES string of the molecule is CCOP(=O)(CCc1ccccc1)C[C@H]1CCCN2CCC[C@@H](C(=O)OC)N2C1=O. The van der Waals surface area contributed by atoms with Crippen molar-refractivity contribution in [3.8, 4) is 0 Å². The molecule has 2 saturated heterocycles. The van der Waals surface area contributed by atoms with Crippen molar-refractivity contribution < 1.29 is 23.4 Å². The highest BCUT2D eigenvalue weighted by Gasteiger charge is 2.43. The number of benzene rings is 1. The third-order valence-electron chi connectivity index (χ3n) is 5.96. The van der Waals surface area contributed by atoms with Crippen molar-refractivity contribution in [2.75, 3.05) is 39.1 Å². The highest BCUT2D eigenvalue weighted by molar-refractivity contribution is 7.59. The molecule has 166 valence electrons. The lowest BCUT2D eigenvalue weighted by Crippen LogP contribution is -2.59. The lowest BCUT2D eigenvalue weighted by atomic mass is 10.0. The number of hydrogen-bond donors (Lipinski definition) is 0. The van der Waals surface area contributed by atoms with Gasteiger partial charge in [-0.25, -0.2) is 9.80 Å². The molecule has 2 fully saturated rings. The minimum atomic E-state index is -2.99. The second kappa shape index (κ2) is 10.6. The van der Waals surface area contributed by atoms with Gasteiger partial charge in [0.1, 0.15) is 6.04 Å². The first-order chi connectivity index (χ1) is 14.5. The largest absolute Gasteiger partial charge is 0.467 e. The zero-order valence-electron chi connectivity index (χ0n) is 18.0. The molecule has 1 aromatic carbocycles. The molecule has 0 radical (unpaired) electrons. The van der Waals surface area contributed by atoms with Gasteiger partial charge in [-0.3, -0.25) is 14.4 Å². The van der Waals surface area contributed by atoms with Crippen molar-refractivity contribution in [3.05, 3.63) is 35.9 Å². The number of fused-ring (bicyclic) bond motifs is 1. The summed E-state index contributed by atoms with van der Waals surface area (Å²) in [6, 6.07) is 9.33. The van der Waals surface area contributed by atoms with Crippen LogP contribution in [0.5, 0.6) is 0 Å². The Bertz CT molecular complexity index is 772. The zero-order chi connectivity index (χ0) is 21.6. The smallest absolute Gasteiger partial charge is 0.330 e. The van der Waals surface area contributed by atoms with E-state index in [1.165, 1.54) is 7.11 Å². The lowest BCUT2D eigenvalue weighted by Gasteiger charge is -2.42. The van der Waals surface area contributed by atoms with Gasteiger partial charge in [-0.15, -0.1) is 0 Å². The van der Waals surface area contributed by atoms with Crippen LogP contribution < -0.4 is 0 Å². The van der Waals surface area contributed by atoms with Gasteiger partial charge in [-0.05, 0) is 44.6 Å². The molecule has 2 heterocycles. The maximum atomic E-state index is 13.6. The van der Waals surface area contributed by atoms with Crippen LogP contribution in [0.15, 0.2) is 30.3 Å². The van der Waals surface area contributed by atoms with E-state index in [1.807, 2.05) is 42.3 Å². The van der Waals surface area contributed by atoms with Crippen LogP contribution in [0, 0.1) is 5.92 Å². The van der Waals surface area contributed by atoms with Gasteiger partial charge in [0.2, 0.25) is 13.3 Å². The van der Waals surface area contributed by atoms with E-state index in [1.54, 1.807) is 5.01 Å². The van der Waals surface area contributed by atoms with Crippen LogP contribution >= 0.6 is 7.37 Å². The van der Waals surface area contributed by atoms with Gasteiger partial charge < -0.3 is 9.26 Å². The van der Waals surface area contributed by atoms with Gasteiger partial charge in [-0.1, -0.05) is 30.3 Å². The monoisotopic (exact) mass is 436 g/mol. The summed E-state index contributed by atoms with van der Waals surface area (Å²) in [6.45, 7) is 3.67. The van der Waals surface area contributed by atoms with E-state index in [9.17, 15) is 14.2 Å². The number of rotatable bonds is 8. The van der Waals surface area contributed by atoms with Crippen molar-refractivity contribution in [2.24, 2.45) is 5.92 Å². The molecule has 2 aliphatic heterocycles. The number of ether oxygens (including phenoxy) is 1.